The molecule has 0 fully saturated rings. The number of hydrogen-bond acceptors (Lipinski definition) is 7. The lowest BCUT2D eigenvalue weighted by Gasteiger charge is -2.16. The Hall–Kier alpha value is -3.36. The first-order chi connectivity index (χ1) is 16.3. The van der Waals surface area contributed by atoms with Gasteiger partial charge in [-0.05, 0) is 41.1 Å². The summed E-state index contributed by atoms with van der Waals surface area (Å²) in [5, 5.41) is 16.3. The molecule has 0 aliphatic heterocycles. The van der Waals surface area contributed by atoms with E-state index in [-0.39, 0.29) is 0 Å². The molecule has 4 aromatic rings. The molecule has 1 aromatic heterocycles. The van der Waals surface area contributed by atoms with Gasteiger partial charge in [-0.1, -0.05) is 72.4 Å². The van der Waals surface area contributed by atoms with Gasteiger partial charge >= 0.3 is 0 Å². The quantitative estimate of drug-likeness (QED) is 0.246. The van der Waals surface area contributed by atoms with Gasteiger partial charge in [-0.3, -0.25) is 0 Å². The summed E-state index contributed by atoms with van der Waals surface area (Å²) >= 11 is 1.62. The largest absolute Gasteiger partial charge is 0.490 e. The second kappa shape index (κ2) is 12.0. The monoisotopic (exact) mass is 461 g/mol. The first kappa shape index (κ1) is 22.8. The third-order valence-electron chi connectivity index (χ3n) is 4.85. The van der Waals surface area contributed by atoms with Gasteiger partial charge in [0.2, 0.25) is 5.16 Å². The van der Waals surface area contributed by atoms with Crippen LogP contribution in [-0.4, -0.2) is 39.1 Å². The molecule has 0 unspecified atom stereocenters. The third-order valence-corrected chi connectivity index (χ3v) is 5.77. The van der Waals surface area contributed by atoms with Gasteiger partial charge in [-0.2, -0.15) is 4.68 Å². The zero-order valence-corrected chi connectivity index (χ0v) is 19.4. The number of hydrogen-bond donors (Lipinski definition) is 1. The normalized spacial score (nSPS) is 10.8. The molecule has 4 rings (SSSR count). The molecule has 0 aliphatic carbocycles. The van der Waals surface area contributed by atoms with Crippen LogP contribution in [0.1, 0.15) is 18.1 Å². The number of thioether (sulfide) groups is 1. The Bertz CT molecular complexity index is 1120. The van der Waals surface area contributed by atoms with Crippen molar-refractivity contribution in [2.24, 2.45) is 0 Å². The van der Waals surface area contributed by atoms with Crippen molar-refractivity contribution < 1.29 is 9.47 Å². The van der Waals surface area contributed by atoms with Crippen molar-refractivity contribution in [3.8, 4) is 17.2 Å². The van der Waals surface area contributed by atoms with E-state index in [1.807, 2.05) is 67.6 Å². The van der Waals surface area contributed by atoms with E-state index in [9.17, 15) is 0 Å². The Labute approximate surface area is 198 Å². The topological polar surface area (TPSA) is 74.1 Å². The molecule has 0 saturated heterocycles. The number of rotatable bonds is 12. The molecule has 1 N–H and O–H groups in total. The highest BCUT2D eigenvalue weighted by Gasteiger charge is 2.12. The summed E-state index contributed by atoms with van der Waals surface area (Å²) in [6.07, 6.45) is 0. The SMILES string of the molecule is CCOc1cccc(CNCCSc2nnnn2-c2ccccc2)c1OCc1ccccc1. The predicted octanol–water partition coefficient (Wildman–Crippen LogP) is 4.52. The van der Waals surface area contributed by atoms with Crippen LogP contribution >= 0.6 is 11.8 Å². The molecule has 0 radical (unpaired) electrons. The molecule has 0 amide bonds. The van der Waals surface area contributed by atoms with E-state index >= 15 is 0 Å². The molecular formula is C25H27N5O2S. The molecule has 7 nitrogen and oxygen atoms in total. The smallest absolute Gasteiger partial charge is 0.214 e. The lowest BCUT2D eigenvalue weighted by Crippen LogP contribution is -2.17. The minimum absolute atomic E-state index is 0.496. The van der Waals surface area contributed by atoms with Crippen molar-refractivity contribution >= 4 is 11.8 Å². The second-order valence-electron chi connectivity index (χ2n) is 7.19. The van der Waals surface area contributed by atoms with Crippen molar-refractivity contribution in [1.82, 2.24) is 25.5 Å². The van der Waals surface area contributed by atoms with E-state index in [0.29, 0.717) is 19.8 Å². The molecule has 3 aromatic carbocycles. The van der Waals surface area contributed by atoms with Crippen molar-refractivity contribution in [2.75, 3.05) is 18.9 Å². The number of ether oxygens (including phenoxy) is 2. The van der Waals surface area contributed by atoms with Crippen LogP contribution < -0.4 is 14.8 Å². The fourth-order valence-corrected chi connectivity index (χ4v) is 4.09. The average Bonchev–Trinajstić information content (AvgIpc) is 3.33. The average molecular weight is 462 g/mol. The highest BCUT2D eigenvalue weighted by atomic mass is 32.2. The summed E-state index contributed by atoms with van der Waals surface area (Å²) in [5.41, 5.74) is 3.14. The summed E-state index contributed by atoms with van der Waals surface area (Å²) in [6, 6.07) is 26.1. The minimum Gasteiger partial charge on any atom is -0.490 e. The van der Waals surface area contributed by atoms with Gasteiger partial charge in [0.05, 0.1) is 12.3 Å². The maximum Gasteiger partial charge on any atom is 0.214 e. The highest BCUT2D eigenvalue weighted by Crippen LogP contribution is 2.32. The van der Waals surface area contributed by atoms with Gasteiger partial charge in [0.15, 0.2) is 11.5 Å². The number of benzene rings is 3. The summed E-state index contributed by atoms with van der Waals surface area (Å²) in [4.78, 5) is 0. The predicted molar refractivity (Wildman–Crippen MR) is 130 cm³/mol. The molecule has 1 heterocycles. The maximum absolute atomic E-state index is 6.19. The number of para-hydroxylation sites is 2. The van der Waals surface area contributed by atoms with Crippen molar-refractivity contribution in [1.29, 1.82) is 0 Å². The Kier molecular flexibility index (Phi) is 8.32. The van der Waals surface area contributed by atoms with Crippen LogP contribution in [0.5, 0.6) is 11.5 Å². The van der Waals surface area contributed by atoms with Crippen molar-refractivity contribution in [3.63, 3.8) is 0 Å². The molecule has 170 valence electrons. The number of nitrogens with one attached hydrogen (secondary N) is 1. The fraction of sp³-hybridized carbons (Fsp3) is 0.240. The summed E-state index contributed by atoms with van der Waals surface area (Å²) in [7, 11) is 0. The van der Waals surface area contributed by atoms with Gasteiger partial charge in [-0.15, -0.1) is 5.10 Å². The van der Waals surface area contributed by atoms with Crippen LogP contribution in [0.25, 0.3) is 5.69 Å². The van der Waals surface area contributed by atoms with Crippen LogP contribution in [0.4, 0.5) is 0 Å². The summed E-state index contributed by atoms with van der Waals surface area (Å²) in [6.45, 7) is 4.53. The van der Waals surface area contributed by atoms with E-state index in [1.54, 1.807) is 16.4 Å². The molecule has 0 saturated carbocycles. The Morgan fingerprint density at radius 3 is 2.48 bits per heavy atom. The number of tetrazole rings is 1. The maximum atomic E-state index is 6.19. The third kappa shape index (κ3) is 6.34. The summed E-state index contributed by atoms with van der Waals surface area (Å²) in [5.74, 6) is 2.39. The van der Waals surface area contributed by atoms with Crippen molar-refractivity contribution in [3.05, 3.63) is 90.0 Å². The minimum atomic E-state index is 0.496. The van der Waals surface area contributed by atoms with Gasteiger partial charge in [0, 0.05) is 24.4 Å². The van der Waals surface area contributed by atoms with E-state index in [0.717, 1.165) is 45.8 Å². The Balaban J connectivity index is 1.33. The second-order valence-corrected chi connectivity index (χ2v) is 8.25. The van der Waals surface area contributed by atoms with E-state index in [2.05, 4.69) is 39.0 Å². The first-order valence-corrected chi connectivity index (χ1v) is 11.9. The van der Waals surface area contributed by atoms with Crippen LogP contribution in [-0.2, 0) is 13.2 Å². The van der Waals surface area contributed by atoms with Crippen LogP contribution in [0.2, 0.25) is 0 Å². The van der Waals surface area contributed by atoms with Gasteiger partial charge < -0.3 is 14.8 Å². The van der Waals surface area contributed by atoms with E-state index in [1.165, 1.54) is 0 Å². The number of aromatic nitrogens is 4. The molecule has 0 bridgehead atoms. The standard InChI is InChI=1S/C25H27N5O2S/c1-2-31-23-15-9-12-21(24(23)32-19-20-10-5-3-6-11-20)18-26-16-17-33-25-27-28-29-30(25)22-13-7-4-8-14-22/h3-15,26H,2,16-19H2,1H3. The molecule has 0 aliphatic rings. The zero-order chi connectivity index (χ0) is 22.7. The first-order valence-electron chi connectivity index (χ1n) is 10.9. The lowest BCUT2D eigenvalue weighted by atomic mass is 10.1. The highest BCUT2D eigenvalue weighted by molar-refractivity contribution is 7.99. The number of nitrogens with zero attached hydrogens (tertiary/aromatic N) is 4. The van der Waals surface area contributed by atoms with Crippen LogP contribution in [0, 0.1) is 0 Å². The molecule has 0 spiro atoms. The molecule has 0 atom stereocenters. The van der Waals surface area contributed by atoms with Crippen LogP contribution in [0.3, 0.4) is 0 Å². The fourth-order valence-electron chi connectivity index (χ4n) is 3.30. The van der Waals surface area contributed by atoms with Gasteiger partial charge in [-0.25, -0.2) is 0 Å². The van der Waals surface area contributed by atoms with E-state index < -0.39 is 0 Å². The van der Waals surface area contributed by atoms with E-state index in [4.69, 9.17) is 9.47 Å². The Morgan fingerprint density at radius 2 is 1.70 bits per heavy atom. The van der Waals surface area contributed by atoms with Gasteiger partial charge in [0.25, 0.3) is 0 Å². The Morgan fingerprint density at radius 1 is 0.909 bits per heavy atom. The molecule has 33 heavy (non-hydrogen) atoms. The molecule has 8 heteroatoms. The van der Waals surface area contributed by atoms with Gasteiger partial charge in [0.1, 0.15) is 6.61 Å². The molecular weight excluding hydrogens is 434 g/mol. The summed E-state index contributed by atoms with van der Waals surface area (Å²) < 4.78 is 13.8. The van der Waals surface area contributed by atoms with Crippen molar-refractivity contribution in [2.45, 2.75) is 25.2 Å². The van der Waals surface area contributed by atoms with Crippen LogP contribution in [0.15, 0.2) is 84.0 Å². The lowest BCUT2D eigenvalue weighted by molar-refractivity contribution is 0.266. The zero-order valence-electron chi connectivity index (χ0n) is 18.6.